The number of hydrogen-bond acceptors (Lipinski definition) is 5. The normalized spacial score (nSPS) is 20.4. The van der Waals surface area contributed by atoms with E-state index >= 15 is 0 Å². The van der Waals surface area contributed by atoms with Gasteiger partial charge in [0.1, 0.15) is 6.04 Å². The van der Waals surface area contributed by atoms with E-state index in [1.165, 1.54) is 4.90 Å². The lowest BCUT2D eigenvalue weighted by Crippen LogP contribution is -2.49. The highest BCUT2D eigenvalue weighted by Crippen LogP contribution is 2.25. The van der Waals surface area contributed by atoms with E-state index in [0.29, 0.717) is 0 Å². The average molecular weight is 443 g/mol. The molecule has 1 aromatic carbocycles. The number of amides is 2. The van der Waals surface area contributed by atoms with Gasteiger partial charge >= 0.3 is 0 Å². The van der Waals surface area contributed by atoms with Crippen LogP contribution in [0.4, 0.5) is 0 Å². The summed E-state index contributed by atoms with van der Waals surface area (Å²) in [6.45, 7) is 8.43. The van der Waals surface area contributed by atoms with E-state index in [4.69, 9.17) is 0 Å². The van der Waals surface area contributed by atoms with Crippen molar-refractivity contribution < 1.29 is 19.8 Å². The van der Waals surface area contributed by atoms with Gasteiger partial charge < -0.3 is 20.4 Å². The minimum Gasteiger partial charge on any atom is -0.394 e. The van der Waals surface area contributed by atoms with E-state index in [-0.39, 0.29) is 43.2 Å². The molecule has 4 unspecified atom stereocenters. The molecule has 8 heteroatoms. The minimum atomic E-state index is -0.745. The van der Waals surface area contributed by atoms with E-state index < -0.39 is 18.2 Å². The van der Waals surface area contributed by atoms with Gasteiger partial charge in [0.15, 0.2) is 0 Å². The van der Waals surface area contributed by atoms with Crippen LogP contribution in [-0.4, -0.2) is 62.0 Å². The maximum Gasteiger partial charge on any atom is 0.243 e. The number of aryl methyl sites for hydroxylation is 1. The molecule has 0 spiro atoms. The summed E-state index contributed by atoms with van der Waals surface area (Å²) < 4.78 is 1.90. The quantitative estimate of drug-likeness (QED) is 0.579. The highest BCUT2D eigenvalue weighted by Gasteiger charge is 2.41. The zero-order valence-corrected chi connectivity index (χ0v) is 19.2. The third-order valence-corrected chi connectivity index (χ3v) is 6.38. The van der Waals surface area contributed by atoms with Crippen molar-refractivity contribution in [1.29, 1.82) is 0 Å². The van der Waals surface area contributed by atoms with Crippen molar-refractivity contribution in [2.45, 2.75) is 58.8 Å². The molecule has 174 valence electrons. The maximum atomic E-state index is 13.0. The first-order valence-electron chi connectivity index (χ1n) is 11.3. The Morgan fingerprint density at radius 1 is 1.19 bits per heavy atom. The highest BCUT2D eigenvalue weighted by atomic mass is 16.3. The van der Waals surface area contributed by atoms with Crippen LogP contribution in [0.25, 0.3) is 11.3 Å². The molecule has 2 amide bonds. The van der Waals surface area contributed by atoms with Gasteiger partial charge in [0.25, 0.3) is 0 Å². The Morgan fingerprint density at radius 3 is 2.47 bits per heavy atom. The highest BCUT2D eigenvalue weighted by molar-refractivity contribution is 5.89. The third-order valence-electron chi connectivity index (χ3n) is 6.38. The minimum absolute atomic E-state index is 0.130. The smallest absolute Gasteiger partial charge is 0.243 e. The third kappa shape index (κ3) is 5.02. The number of aliphatic hydroxyl groups is 2. The number of nitrogens with zero attached hydrogens (tertiary/aromatic N) is 3. The Bertz CT molecular complexity index is 924. The molecule has 1 fully saturated rings. The summed E-state index contributed by atoms with van der Waals surface area (Å²) in [6.07, 6.45) is 1.22. The summed E-state index contributed by atoms with van der Waals surface area (Å²) in [5, 5.41) is 27.2. The topological polar surface area (TPSA) is 108 Å². The van der Waals surface area contributed by atoms with E-state index in [0.717, 1.165) is 23.4 Å². The molecule has 1 aliphatic rings. The van der Waals surface area contributed by atoms with Crippen LogP contribution in [0.3, 0.4) is 0 Å². The van der Waals surface area contributed by atoms with E-state index in [9.17, 15) is 19.8 Å². The molecule has 4 atom stereocenters. The number of aromatic nitrogens is 2. The van der Waals surface area contributed by atoms with Crippen LogP contribution >= 0.6 is 0 Å². The van der Waals surface area contributed by atoms with Crippen molar-refractivity contribution in [2.24, 2.45) is 11.8 Å². The van der Waals surface area contributed by atoms with Crippen molar-refractivity contribution in [3.8, 4) is 11.3 Å². The Morgan fingerprint density at radius 2 is 1.88 bits per heavy atom. The van der Waals surface area contributed by atoms with Crippen LogP contribution in [0, 0.1) is 11.8 Å². The zero-order chi connectivity index (χ0) is 23.4. The molecule has 8 nitrogen and oxygen atoms in total. The van der Waals surface area contributed by atoms with E-state index in [2.05, 4.69) is 10.4 Å². The van der Waals surface area contributed by atoms with Crippen molar-refractivity contribution in [3.63, 3.8) is 0 Å². The summed E-state index contributed by atoms with van der Waals surface area (Å²) in [4.78, 5) is 27.4. The van der Waals surface area contributed by atoms with Crippen molar-refractivity contribution in [1.82, 2.24) is 20.0 Å². The number of β-amino-alcohol motifs (C(OH)–C–C–N with tert-alkyl or cyclic N) is 1. The summed E-state index contributed by atoms with van der Waals surface area (Å²) >= 11 is 0. The fourth-order valence-corrected chi connectivity index (χ4v) is 4.07. The summed E-state index contributed by atoms with van der Waals surface area (Å²) in [5.74, 6) is -0.600. The molecule has 3 rings (SSSR count). The monoisotopic (exact) mass is 442 g/mol. The predicted octanol–water partition coefficient (Wildman–Crippen LogP) is 1.97. The largest absolute Gasteiger partial charge is 0.394 e. The number of aliphatic hydroxyl groups excluding tert-OH is 2. The standard InChI is InChI=1S/C24H34N4O4/c1-5-28-21(10-11-25-28)18-8-6-17(7-9-18)20(14-29)26-23(31)22-12-19(30)13-27(22)24(32)16(4)15(2)3/h6-11,15-16,19-20,22,29-30H,5,12-14H2,1-4H3,(H,26,31). The number of nitrogens with one attached hydrogen (secondary N) is 1. The number of rotatable bonds is 8. The molecule has 2 heterocycles. The Kier molecular flexibility index (Phi) is 7.69. The number of carbonyl (C=O) groups excluding carboxylic acids is 2. The molecule has 0 radical (unpaired) electrons. The molecule has 1 saturated heterocycles. The molecule has 0 saturated carbocycles. The lowest BCUT2D eigenvalue weighted by atomic mass is 9.96. The van der Waals surface area contributed by atoms with E-state index in [1.807, 2.05) is 62.7 Å². The second-order valence-corrected chi connectivity index (χ2v) is 8.83. The maximum absolute atomic E-state index is 13.0. The van der Waals surface area contributed by atoms with Gasteiger partial charge in [0.05, 0.1) is 24.4 Å². The molecular weight excluding hydrogens is 408 g/mol. The first-order chi connectivity index (χ1) is 15.3. The molecule has 1 aliphatic heterocycles. The number of benzene rings is 1. The Labute approximate surface area is 189 Å². The van der Waals surface area contributed by atoms with Crippen molar-refractivity contribution in [2.75, 3.05) is 13.2 Å². The van der Waals surface area contributed by atoms with Crippen LogP contribution < -0.4 is 5.32 Å². The predicted molar refractivity (Wildman–Crippen MR) is 121 cm³/mol. The summed E-state index contributed by atoms with van der Waals surface area (Å²) in [6, 6.07) is 8.21. The summed E-state index contributed by atoms with van der Waals surface area (Å²) in [7, 11) is 0. The molecule has 32 heavy (non-hydrogen) atoms. The molecular formula is C24H34N4O4. The Balaban J connectivity index is 1.73. The lowest BCUT2D eigenvalue weighted by molar-refractivity contribution is -0.142. The first-order valence-corrected chi connectivity index (χ1v) is 11.3. The fraction of sp³-hybridized carbons (Fsp3) is 0.542. The van der Waals surface area contributed by atoms with Crippen LogP contribution in [0.1, 0.15) is 45.7 Å². The van der Waals surface area contributed by atoms with Crippen LogP contribution in [0.15, 0.2) is 36.5 Å². The van der Waals surface area contributed by atoms with E-state index in [1.54, 1.807) is 6.20 Å². The fourth-order valence-electron chi connectivity index (χ4n) is 4.07. The van der Waals surface area contributed by atoms with Gasteiger partial charge in [-0.2, -0.15) is 5.10 Å². The first kappa shape index (κ1) is 23.9. The van der Waals surface area contributed by atoms with Gasteiger partial charge in [-0.3, -0.25) is 14.3 Å². The molecule has 3 N–H and O–H groups in total. The summed E-state index contributed by atoms with van der Waals surface area (Å²) in [5.41, 5.74) is 2.76. The zero-order valence-electron chi connectivity index (χ0n) is 19.2. The number of likely N-dealkylation sites (tertiary alicyclic amines) is 1. The SMILES string of the molecule is CCn1nccc1-c1ccc(C(CO)NC(=O)C2CC(O)CN2C(=O)C(C)C(C)C)cc1. The average Bonchev–Trinajstić information content (AvgIpc) is 3.42. The van der Waals surface area contributed by atoms with Gasteiger partial charge in [-0.05, 0) is 30.0 Å². The molecule has 1 aromatic heterocycles. The number of hydrogen-bond donors (Lipinski definition) is 3. The van der Waals surface area contributed by atoms with Crippen LogP contribution in [0.5, 0.6) is 0 Å². The molecule has 0 bridgehead atoms. The number of carbonyl (C=O) groups is 2. The molecule has 2 aromatic rings. The van der Waals surface area contributed by atoms with Gasteiger partial charge in [-0.25, -0.2) is 0 Å². The van der Waals surface area contributed by atoms with Crippen molar-refractivity contribution in [3.05, 3.63) is 42.1 Å². The second-order valence-electron chi connectivity index (χ2n) is 8.83. The molecule has 0 aliphatic carbocycles. The van der Waals surface area contributed by atoms with Gasteiger partial charge in [0.2, 0.25) is 11.8 Å². The lowest BCUT2D eigenvalue weighted by Gasteiger charge is -2.29. The van der Waals surface area contributed by atoms with Crippen LogP contribution in [0.2, 0.25) is 0 Å². The Hall–Kier alpha value is -2.71. The van der Waals surface area contributed by atoms with Crippen LogP contribution in [-0.2, 0) is 16.1 Å². The van der Waals surface area contributed by atoms with Crippen molar-refractivity contribution >= 4 is 11.8 Å². The van der Waals surface area contributed by atoms with Gasteiger partial charge in [0, 0.05) is 31.6 Å². The van der Waals surface area contributed by atoms with Gasteiger partial charge in [-0.1, -0.05) is 45.0 Å². The van der Waals surface area contributed by atoms with Gasteiger partial charge in [-0.15, -0.1) is 0 Å². The second kappa shape index (κ2) is 10.3.